The SMILES string of the molecule is COc1cccc(C(=O)NCc2ccc(C(O)c3ccsc3)s2)c1OC. The summed E-state index contributed by atoms with van der Waals surface area (Å²) in [5.74, 6) is 0.679. The van der Waals surface area contributed by atoms with Gasteiger partial charge in [-0.05, 0) is 46.7 Å². The van der Waals surface area contributed by atoms with Crippen LogP contribution in [0.5, 0.6) is 11.5 Å². The Labute approximate surface area is 159 Å². The van der Waals surface area contributed by atoms with Gasteiger partial charge < -0.3 is 19.9 Å². The summed E-state index contributed by atoms with van der Waals surface area (Å²) < 4.78 is 10.5. The summed E-state index contributed by atoms with van der Waals surface area (Å²) in [6, 6.07) is 10.9. The summed E-state index contributed by atoms with van der Waals surface area (Å²) in [4.78, 5) is 14.3. The van der Waals surface area contributed by atoms with Gasteiger partial charge in [-0.1, -0.05) is 6.07 Å². The van der Waals surface area contributed by atoms with Crippen molar-refractivity contribution in [2.75, 3.05) is 14.2 Å². The minimum absolute atomic E-state index is 0.242. The second kappa shape index (κ2) is 8.35. The van der Waals surface area contributed by atoms with Crippen molar-refractivity contribution < 1.29 is 19.4 Å². The van der Waals surface area contributed by atoms with Gasteiger partial charge in [0, 0.05) is 9.75 Å². The minimum atomic E-state index is -0.630. The highest BCUT2D eigenvalue weighted by Gasteiger charge is 2.17. The molecule has 3 rings (SSSR count). The average molecular weight is 389 g/mol. The average Bonchev–Trinajstić information content (AvgIpc) is 3.36. The van der Waals surface area contributed by atoms with Crippen LogP contribution in [0.3, 0.4) is 0 Å². The van der Waals surface area contributed by atoms with Gasteiger partial charge in [-0.25, -0.2) is 0 Å². The van der Waals surface area contributed by atoms with Crippen LogP contribution in [0.15, 0.2) is 47.2 Å². The number of ether oxygens (including phenoxy) is 2. The highest BCUT2D eigenvalue weighted by Crippen LogP contribution is 2.31. The molecule has 2 N–H and O–H groups in total. The number of para-hydroxylation sites is 1. The standard InChI is InChI=1S/C19H19NO4S2/c1-23-15-5-3-4-14(18(15)24-2)19(22)20-10-13-6-7-16(26-13)17(21)12-8-9-25-11-12/h3-9,11,17,21H,10H2,1-2H3,(H,20,22). The van der Waals surface area contributed by atoms with E-state index in [-0.39, 0.29) is 5.91 Å². The van der Waals surface area contributed by atoms with Crippen LogP contribution in [-0.4, -0.2) is 25.2 Å². The number of carbonyl (C=O) groups excluding carboxylic acids is 1. The Balaban J connectivity index is 1.67. The molecule has 0 aliphatic heterocycles. The summed E-state index contributed by atoms with van der Waals surface area (Å²) in [5.41, 5.74) is 1.30. The zero-order valence-corrected chi connectivity index (χ0v) is 16.0. The highest BCUT2D eigenvalue weighted by atomic mass is 32.1. The zero-order chi connectivity index (χ0) is 18.5. The molecule has 1 atom stereocenters. The molecule has 7 heteroatoms. The molecule has 2 heterocycles. The molecule has 0 saturated heterocycles. The predicted molar refractivity (Wildman–Crippen MR) is 103 cm³/mol. The molecule has 0 spiro atoms. The van der Waals surface area contributed by atoms with E-state index in [1.165, 1.54) is 25.6 Å². The number of amides is 1. The maximum Gasteiger partial charge on any atom is 0.255 e. The van der Waals surface area contributed by atoms with Crippen molar-refractivity contribution in [3.05, 3.63) is 68.0 Å². The van der Waals surface area contributed by atoms with Crippen molar-refractivity contribution in [1.29, 1.82) is 0 Å². The van der Waals surface area contributed by atoms with Gasteiger partial charge in [-0.15, -0.1) is 11.3 Å². The van der Waals surface area contributed by atoms with Crippen LogP contribution in [0.2, 0.25) is 0 Å². The Hall–Kier alpha value is -2.35. The first kappa shape index (κ1) is 18.4. The molecule has 1 aromatic carbocycles. The monoisotopic (exact) mass is 389 g/mol. The normalized spacial score (nSPS) is 11.8. The molecule has 136 valence electrons. The third-order valence-corrected chi connectivity index (χ3v) is 5.72. The Morgan fingerprint density at radius 3 is 2.73 bits per heavy atom. The van der Waals surface area contributed by atoms with E-state index in [4.69, 9.17) is 9.47 Å². The smallest absolute Gasteiger partial charge is 0.255 e. The topological polar surface area (TPSA) is 67.8 Å². The van der Waals surface area contributed by atoms with Crippen LogP contribution in [0.4, 0.5) is 0 Å². The summed E-state index contributed by atoms with van der Waals surface area (Å²) in [6.45, 7) is 0.375. The van der Waals surface area contributed by atoms with E-state index in [1.807, 2.05) is 29.0 Å². The van der Waals surface area contributed by atoms with Gasteiger partial charge >= 0.3 is 0 Å². The second-order valence-electron chi connectivity index (χ2n) is 5.49. The molecule has 2 aromatic heterocycles. The van der Waals surface area contributed by atoms with E-state index >= 15 is 0 Å². The Bertz CT molecular complexity index is 874. The van der Waals surface area contributed by atoms with Gasteiger partial charge in [0.2, 0.25) is 0 Å². The van der Waals surface area contributed by atoms with Crippen molar-refractivity contribution >= 4 is 28.6 Å². The van der Waals surface area contributed by atoms with Crippen molar-refractivity contribution in [1.82, 2.24) is 5.32 Å². The van der Waals surface area contributed by atoms with E-state index in [9.17, 15) is 9.90 Å². The van der Waals surface area contributed by atoms with Crippen LogP contribution >= 0.6 is 22.7 Å². The number of benzene rings is 1. The van der Waals surface area contributed by atoms with E-state index in [0.29, 0.717) is 23.6 Å². The number of nitrogens with one attached hydrogen (secondary N) is 1. The fourth-order valence-corrected chi connectivity index (χ4v) is 4.21. The molecule has 1 amide bonds. The lowest BCUT2D eigenvalue weighted by Gasteiger charge is -2.12. The first-order chi connectivity index (χ1) is 12.6. The predicted octanol–water partition coefficient (Wildman–Crippen LogP) is 3.84. The van der Waals surface area contributed by atoms with E-state index in [0.717, 1.165) is 15.3 Å². The molecule has 0 saturated carbocycles. The first-order valence-electron chi connectivity index (χ1n) is 7.92. The lowest BCUT2D eigenvalue weighted by molar-refractivity contribution is 0.0947. The molecule has 0 aliphatic rings. The fraction of sp³-hybridized carbons (Fsp3) is 0.211. The highest BCUT2D eigenvalue weighted by molar-refractivity contribution is 7.12. The van der Waals surface area contributed by atoms with Crippen LogP contribution in [-0.2, 0) is 6.54 Å². The number of methoxy groups -OCH3 is 2. The quantitative estimate of drug-likeness (QED) is 0.644. The number of carbonyl (C=O) groups is 1. The Morgan fingerprint density at radius 1 is 1.19 bits per heavy atom. The molecule has 0 fully saturated rings. The number of aliphatic hydroxyl groups excluding tert-OH is 1. The van der Waals surface area contributed by atoms with Crippen LogP contribution in [0, 0.1) is 0 Å². The molecule has 0 aliphatic carbocycles. The molecule has 0 bridgehead atoms. The van der Waals surface area contributed by atoms with Crippen LogP contribution in [0.25, 0.3) is 0 Å². The van der Waals surface area contributed by atoms with Gasteiger partial charge in [0.25, 0.3) is 5.91 Å². The first-order valence-corrected chi connectivity index (χ1v) is 9.68. The molecule has 0 radical (unpaired) electrons. The minimum Gasteiger partial charge on any atom is -0.493 e. The lowest BCUT2D eigenvalue weighted by Crippen LogP contribution is -2.23. The maximum atomic E-state index is 12.5. The summed E-state index contributed by atoms with van der Waals surface area (Å²) in [6.07, 6.45) is -0.630. The summed E-state index contributed by atoms with van der Waals surface area (Å²) >= 11 is 3.03. The molecular formula is C19H19NO4S2. The molecule has 5 nitrogen and oxygen atoms in total. The fourth-order valence-electron chi connectivity index (χ4n) is 2.56. The summed E-state index contributed by atoms with van der Waals surface area (Å²) in [7, 11) is 3.04. The Morgan fingerprint density at radius 2 is 2.04 bits per heavy atom. The second-order valence-corrected chi connectivity index (χ2v) is 7.47. The third kappa shape index (κ3) is 3.90. The van der Waals surface area contributed by atoms with Crippen molar-refractivity contribution in [3.8, 4) is 11.5 Å². The summed E-state index contributed by atoms with van der Waals surface area (Å²) in [5, 5.41) is 17.1. The van der Waals surface area contributed by atoms with Crippen molar-refractivity contribution in [3.63, 3.8) is 0 Å². The van der Waals surface area contributed by atoms with Crippen molar-refractivity contribution in [2.45, 2.75) is 12.6 Å². The van der Waals surface area contributed by atoms with Gasteiger partial charge in [0.05, 0.1) is 26.3 Å². The van der Waals surface area contributed by atoms with E-state index in [2.05, 4.69) is 5.32 Å². The number of aliphatic hydroxyl groups is 1. The number of hydrogen-bond acceptors (Lipinski definition) is 6. The molecule has 26 heavy (non-hydrogen) atoms. The van der Waals surface area contributed by atoms with E-state index in [1.54, 1.807) is 29.5 Å². The van der Waals surface area contributed by atoms with Crippen LogP contribution in [0.1, 0.15) is 31.8 Å². The van der Waals surface area contributed by atoms with Gasteiger partial charge in [0.15, 0.2) is 11.5 Å². The van der Waals surface area contributed by atoms with Crippen LogP contribution < -0.4 is 14.8 Å². The molecule has 3 aromatic rings. The van der Waals surface area contributed by atoms with Crippen molar-refractivity contribution in [2.24, 2.45) is 0 Å². The number of rotatable bonds is 7. The maximum absolute atomic E-state index is 12.5. The molecular weight excluding hydrogens is 370 g/mol. The largest absolute Gasteiger partial charge is 0.493 e. The number of hydrogen-bond donors (Lipinski definition) is 2. The Kier molecular flexibility index (Phi) is 5.92. The molecule has 1 unspecified atom stereocenters. The number of thiophene rings is 2. The third-order valence-electron chi connectivity index (χ3n) is 3.88. The van der Waals surface area contributed by atoms with Gasteiger partial charge in [-0.2, -0.15) is 11.3 Å². The van der Waals surface area contributed by atoms with E-state index < -0.39 is 6.10 Å². The lowest BCUT2D eigenvalue weighted by atomic mass is 10.1. The van der Waals surface area contributed by atoms with Gasteiger partial charge in [0.1, 0.15) is 6.10 Å². The zero-order valence-electron chi connectivity index (χ0n) is 14.4. The van der Waals surface area contributed by atoms with Gasteiger partial charge in [-0.3, -0.25) is 4.79 Å².